The van der Waals surface area contributed by atoms with Crippen LogP contribution in [0.3, 0.4) is 0 Å². The molecule has 16 nitrogen and oxygen atoms in total. The Balaban J connectivity index is 0.778. The van der Waals surface area contributed by atoms with Crippen molar-refractivity contribution in [1.82, 2.24) is 25.5 Å². The molecule has 7 rings (SSSR count). The maximum absolute atomic E-state index is 14.6. The van der Waals surface area contributed by atoms with E-state index in [4.69, 9.17) is 35.5 Å². The molecule has 0 radical (unpaired) electrons. The third-order valence-electron chi connectivity index (χ3n) is 11.1. The molecule has 1 saturated carbocycles. The first-order valence-corrected chi connectivity index (χ1v) is 22.1. The average Bonchev–Trinajstić information content (AvgIpc) is 3.90. The van der Waals surface area contributed by atoms with Crippen molar-refractivity contribution in [2.45, 2.75) is 70.1 Å². The predicted molar refractivity (Wildman–Crippen MR) is 231 cm³/mol. The van der Waals surface area contributed by atoms with E-state index in [1.165, 1.54) is 22.3 Å². The highest BCUT2D eigenvalue weighted by molar-refractivity contribution is 7.13. The molecule has 1 unspecified atom stereocenters. The van der Waals surface area contributed by atoms with Crippen LogP contribution in [0, 0.1) is 11.2 Å². The van der Waals surface area contributed by atoms with E-state index in [1.54, 1.807) is 36.5 Å². The summed E-state index contributed by atoms with van der Waals surface area (Å²) in [6.45, 7) is 2.17. The Kier molecular flexibility index (Phi) is 15.7. The summed E-state index contributed by atoms with van der Waals surface area (Å²) in [6.07, 6.45) is 4.48. The van der Waals surface area contributed by atoms with Crippen LogP contribution in [0.25, 0.3) is 0 Å². The number of hydrogen-bond acceptors (Lipinski definition) is 13. The van der Waals surface area contributed by atoms with Gasteiger partial charge in [-0.3, -0.25) is 29.3 Å². The molecule has 1 atom stereocenters. The number of halogens is 2. The maximum atomic E-state index is 14.6. The Labute approximate surface area is 372 Å². The first kappa shape index (κ1) is 45.5. The molecule has 3 aliphatic rings. The van der Waals surface area contributed by atoms with Gasteiger partial charge in [0.2, 0.25) is 23.6 Å². The predicted octanol–water partition coefficient (Wildman–Crippen LogP) is 5.58. The second-order valence-corrected chi connectivity index (χ2v) is 16.8. The molecule has 19 heteroatoms. The number of fused-ring (bicyclic) bond motifs is 1. The lowest BCUT2D eigenvalue weighted by molar-refractivity contribution is -0.137. The number of carbonyl (C=O) groups is 5. The number of pyridine rings is 1. The van der Waals surface area contributed by atoms with Gasteiger partial charge in [0.05, 0.1) is 62.6 Å². The quantitative estimate of drug-likeness (QED) is 0.0599. The van der Waals surface area contributed by atoms with Gasteiger partial charge in [-0.25, -0.2) is 14.4 Å². The number of ether oxygens (including phenoxy) is 4. The zero-order chi connectivity index (χ0) is 44.2. The Morgan fingerprint density at radius 1 is 0.952 bits per heavy atom. The van der Waals surface area contributed by atoms with Gasteiger partial charge in [-0.15, -0.1) is 11.3 Å². The molecule has 4 heterocycles. The third kappa shape index (κ3) is 12.1. The summed E-state index contributed by atoms with van der Waals surface area (Å²) < 4.78 is 37.5. The second-order valence-electron chi connectivity index (χ2n) is 15.5. The molecule has 2 aliphatic heterocycles. The Bertz CT molecular complexity index is 2260. The van der Waals surface area contributed by atoms with Gasteiger partial charge in [0.25, 0.3) is 5.91 Å². The average molecular weight is 906 g/mol. The van der Waals surface area contributed by atoms with Crippen molar-refractivity contribution in [2.75, 3.05) is 56.8 Å². The van der Waals surface area contributed by atoms with Crippen LogP contribution in [0.2, 0.25) is 5.02 Å². The first-order chi connectivity index (χ1) is 30.6. The van der Waals surface area contributed by atoms with Crippen molar-refractivity contribution in [1.29, 1.82) is 0 Å². The summed E-state index contributed by atoms with van der Waals surface area (Å²) in [6, 6.07) is 14.6. The molecule has 4 aromatic rings. The van der Waals surface area contributed by atoms with Crippen LogP contribution in [-0.4, -0.2) is 103 Å². The molecular formula is C44H49ClFN7O9S. The van der Waals surface area contributed by atoms with Crippen LogP contribution >= 0.6 is 22.9 Å². The van der Waals surface area contributed by atoms with Gasteiger partial charge in [0.15, 0.2) is 16.7 Å². The van der Waals surface area contributed by atoms with Gasteiger partial charge in [-0.1, -0.05) is 23.7 Å². The fourth-order valence-corrected chi connectivity index (χ4v) is 8.60. The van der Waals surface area contributed by atoms with E-state index in [1.807, 2.05) is 23.6 Å². The van der Waals surface area contributed by atoms with Crippen LogP contribution in [0.4, 0.5) is 21.0 Å². The number of benzene rings is 2. The molecule has 0 spiro atoms. The summed E-state index contributed by atoms with van der Waals surface area (Å²) in [7, 11) is 0. The molecule has 5 amide bonds. The molecule has 63 heavy (non-hydrogen) atoms. The summed E-state index contributed by atoms with van der Waals surface area (Å²) >= 11 is 7.43. The van der Waals surface area contributed by atoms with Crippen LogP contribution < -0.4 is 26.0 Å². The number of imide groups is 1. The van der Waals surface area contributed by atoms with Gasteiger partial charge in [0, 0.05) is 54.5 Å². The molecule has 2 aromatic heterocycles. The van der Waals surface area contributed by atoms with E-state index in [0.29, 0.717) is 86.2 Å². The molecule has 2 fully saturated rings. The van der Waals surface area contributed by atoms with Crippen molar-refractivity contribution in [3.63, 3.8) is 0 Å². The van der Waals surface area contributed by atoms with Gasteiger partial charge >= 0.3 is 0 Å². The van der Waals surface area contributed by atoms with Crippen molar-refractivity contribution in [3.8, 4) is 5.75 Å². The number of amides is 5. The monoisotopic (exact) mass is 905 g/mol. The van der Waals surface area contributed by atoms with Gasteiger partial charge in [0.1, 0.15) is 11.9 Å². The van der Waals surface area contributed by atoms with E-state index in [2.05, 4.69) is 26.3 Å². The summed E-state index contributed by atoms with van der Waals surface area (Å²) in [5, 5.41) is 14.0. The molecule has 1 saturated heterocycles. The van der Waals surface area contributed by atoms with Crippen LogP contribution in [0.5, 0.6) is 5.75 Å². The topological polar surface area (TPSA) is 199 Å². The molecule has 2 aromatic carbocycles. The number of piperidine rings is 1. The lowest BCUT2D eigenvalue weighted by Crippen LogP contribution is -2.52. The zero-order valence-corrected chi connectivity index (χ0v) is 36.1. The van der Waals surface area contributed by atoms with E-state index in [0.717, 1.165) is 5.69 Å². The summed E-state index contributed by atoms with van der Waals surface area (Å²) in [5.74, 6) is -1.34. The van der Waals surface area contributed by atoms with E-state index < -0.39 is 23.2 Å². The molecular weight excluding hydrogens is 857 g/mol. The van der Waals surface area contributed by atoms with Crippen LogP contribution in [0.1, 0.15) is 66.6 Å². The smallest absolute Gasteiger partial charge is 0.255 e. The number of hydrogen-bond donors (Lipinski definition) is 4. The fraction of sp³-hybridized carbons (Fsp3) is 0.432. The largest absolute Gasteiger partial charge is 0.487 e. The minimum absolute atomic E-state index is 0.00729. The Hall–Kier alpha value is -5.53. The van der Waals surface area contributed by atoms with Gasteiger partial charge in [-0.2, -0.15) is 0 Å². The number of nitrogens with zero attached hydrogens (tertiary/aromatic N) is 3. The number of thiazole rings is 1. The van der Waals surface area contributed by atoms with E-state index in [9.17, 15) is 28.4 Å². The standard InChI is InChI=1S/C44H49ClFN7O9S/c45-33-4-2-5-35(39(33)46)62-31-11-14-44(15-12-31,26-30-3-1-6-36(49-30)51-43-48-17-24-63-43)42(58)47-16-19-60-21-23-61-22-20-59-18-13-38(55)50-29-7-8-32-28(25-29)27-53(41(32)57)34-9-10-37(54)52-40(34)56/h1-8,17,24-25,31,34H,9-16,18-23,26-27H2,(H,47,58)(H,50,55)(H,48,49,51)(H,52,54,56)/t31-,34?,44-. The van der Waals surface area contributed by atoms with Crippen molar-refractivity contribution < 1.29 is 47.3 Å². The van der Waals surface area contributed by atoms with Gasteiger partial charge in [-0.05, 0) is 80.1 Å². The summed E-state index contributed by atoms with van der Waals surface area (Å²) in [4.78, 5) is 73.7. The minimum Gasteiger partial charge on any atom is -0.487 e. The number of aromatic nitrogens is 2. The normalized spacial score (nSPS) is 19.7. The lowest BCUT2D eigenvalue weighted by Gasteiger charge is -2.39. The maximum Gasteiger partial charge on any atom is 0.255 e. The van der Waals surface area contributed by atoms with Crippen LogP contribution in [-0.2, 0) is 46.4 Å². The highest BCUT2D eigenvalue weighted by atomic mass is 35.5. The Morgan fingerprint density at radius 3 is 2.48 bits per heavy atom. The van der Waals surface area contributed by atoms with E-state index >= 15 is 0 Å². The fourth-order valence-electron chi connectivity index (χ4n) is 7.90. The van der Waals surface area contributed by atoms with Crippen molar-refractivity contribution in [2.24, 2.45) is 5.41 Å². The van der Waals surface area contributed by atoms with Gasteiger partial charge < -0.3 is 39.8 Å². The molecule has 4 N–H and O–H groups in total. The number of carbonyl (C=O) groups excluding carboxylic acids is 5. The summed E-state index contributed by atoms with van der Waals surface area (Å²) in [5.41, 5.74) is 1.68. The molecule has 334 valence electrons. The third-order valence-corrected chi connectivity index (χ3v) is 12.1. The molecule has 1 aliphatic carbocycles. The zero-order valence-electron chi connectivity index (χ0n) is 34.5. The molecule has 0 bridgehead atoms. The van der Waals surface area contributed by atoms with Crippen molar-refractivity contribution in [3.05, 3.63) is 93.8 Å². The second kappa shape index (κ2) is 21.7. The highest BCUT2D eigenvalue weighted by Crippen LogP contribution is 2.41. The number of nitrogens with one attached hydrogen (secondary N) is 4. The lowest BCUT2D eigenvalue weighted by atomic mass is 9.69. The van der Waals surface area contributed by atoms with E-state index in [-0.39, 0.29) is 86.1 Å². The number of anilines is 3. The first-order valence-electron chi connectivity index (χ1n) is 20.9. The SMILES string of the molecule is O=C1CCC(N2Cc3cc(NC(=O)CCOCCOCCOCCNC(=O)[C@]4(Cc5cccc(Nc6nccs6)n5)CC[C@@H](Oc5cccc(Cl)c5F)CC4)ccc3C2=O)C(=O)N1. The minimum atomic E-state index is -0.768. The highest BCUT2D eigenvalue weighted by Gasteiger charge is 2.43. The number of rotatable bonds is 21. The van der Waals surface area contributed by atoms with Crippen LogP contribution in [0.15, 0.2) is 66.2 Å². The van der Waals surface area contributed by atoms with Crippen molar-refractivity contribution >= 4 is 69.1 Å². The Morgan fingerprint density at radius 2 is 1.71 bits per heavy atom.